The zero-order valence-corrected chi connectivity index (χ0v) is 16.8. The van der Waals surface area contributed by atoms with Gasteiger partial charge in [0.25, 0.3) is 5.56 Å². The predicted molar refractivity (Wildman–Crippen MR) is 123 cm³/mol. The standard InChI is InChI=1S/C25H17N3O4/c29-23(26-21-14-19-7-3-4-8-22(19)32-25(21)31)15-28-24(30)12-11-20(27-28)18-10-9-16-5-1-2-6-17(16)13-18/h1-14H,15H2,(H,26,29). The molecule has 0 unspecified atom stereocenters. The highest BCUT2D eigenvalue weighted by atomic mass is 16.4. The number of carbonyl (C=O) groups is 1. The summed E-state index contributed by atoms with van der Waals surface area (Å²) in [5, 5.41) is 9.68. The lowest BCUT2D eigenvalue weighted by atomic mass is 10.1. The van der Waals surface area contributed by atoms with Crippen molar-refractivity contribution in [2.24, 2.45) is 0 Å². The Morgan fingerprint density at radius 1 is 0.844 bits per heavy atom. The molecule has 0 radical (unpaired) electrons. The maximum Gasteiger partial charge on any atom is 0.360 e. The summed E-state index contributed by atoms with van der Waals surface area (Å²) in [7, 11) is 0. The molecule has 0 bridgehead atoms. The van der Waals surface area contributed by atoms with E-state index in [0.717, 1.165) is 21.0 Å². The highest BCUT2D eigenvalue weighted by molar-refractivity contribution is 5.92. The molecule has 2 heterocycles. The van der Waals surface area contributed by atoms with E-state index in [1.807, 2.05) is 42.5 Å². The van der Waals surface area contributed by atoms with E-state index < -0.39 is 17.1 Å². The molecule has 2 aromatic heterocycles. The second-order valence-electron chi connectivity index (χ2n) is 7.31. The first-order chi connectivity index (χ1) is 15.6. The third kappa shape index (κ3) is 3.79. The van der Waals surface area contributed by atoms with Crippen LogP contribution in [0.15, 0.2) is 98.9 Å². The Morgan fingerprint density at radius 3 is 2.44 bits per heavy atom. The molecule has 0 aliphatic carbocycles. The van der Waals surface area contributed by atoms with E-state index in [0.29, 0.717) is 16.7 Å². The van der Waals surface area contributed by atoms with Crippen LogP contribution in [-0.2, 0) is 11.3 Å². The maximum atomic E-state index is 12.6. The van der Waals surface area contributed by atoms with E-state index in [9.17, 15) is 14.4 Å². The first-order valence-electron chi connectivity index (χ1n) is 9.97. The molecule has 0 atom stereocenters. The molecule has 5 rings (SSSR count). The van der Waals surface area contributed by atoms with Crippen molar-refractivity contribution in [2.45, 2.75) is 6.54 Å². The molecule has 3 aromatic carbocycles. The molecule has 32 heavy (non-hydrogen) atoms. The fraction of sp³-hybridized carbons (Fsp3) is 0.0400. The van der Waals surface area contributed by atoms with Crippen LogP contribution in [0.5, 0.6) is 0 Å². The number of benzene rings is 3. The summed E-state index contributed by atoms with van der Waals surface area (Å²) < 4.78 is 6.30. The number of nitrogens with zero attached hydrogens (tertiary/aromatic N) is 2. The number of amides is 1. The summed E-state index contributed by atoms with van der Waals surface area (Å²) in [5.41, 5.74) is 0.739. The molecule has 0 saturated heterocycles. The quantitative estimate of drug-likeness (QED) is 0.444. The van der Waals surface area contributed by atoms with Crippen LogP contribution in [0, 0.1) is 0 Å². The highest BCUT2D eigenvalue weighted by Gasteiger charge is 2.12. The summed E-state index contributed by atoms with van der Waals surface area (Å²) in [6.45, 7) is -0.341. The smallest absolute Gasteiger partial charge is 0.360 e. The SMILES string of the molecule is O=C(Cn1nc(-c2ccc3ccccc3c2)ccc1=O)Nc1cc2ccccc2oc1=O. The molecule has 5 aromatic rings. The summed E-state index contributed by atoms with van der Waals surface area (Å²) >= 11 is 0. The third-order valence-corrected chi connectivity index (χ3v) is 5.12. The lowest BCUT2D eigenvalue weighted by Crippen LogP contribution is -2.30. The zero-order valence-electron chi connectivity index (χ0n) is 16.8. The van der Waals surface area contributed by atoms with Crippen molar-refractivity contribution in [1.29, 1.82) is 0 Å². The molecule has 7 nitrogen and oxygen atoms in total. The van der Waals surface area contributed by atoms with Gasteiger partial charge in [0, 0.05) is 17.0 Å². The number of anilines is 1. The van der Waals surface area contributed by atoms with Gasteiger partial charge in [0.15, 0.2) is 0 Å². The Balaban J connectivity index is 1.41. The van der Waals surface area contributed by atoms with Crippen LogP contribution in [0.4, 0.5) is 5.69 Å². The summed E-state index contributed by atoms with van der Waals surface area (Å²) in [5.74, 6) is -0.558. The van der Waals surface area contributed by atoms with Crippen molar-refractivity contribution in [3.8, 4) is 11.3 Å². The van der Waals surface area contributed by atoms with E-state index in [1.54, 1.807) is 36.4 Å². The summed E-state index contributed by atoms with van der Waals surface area (Å²) in [4.78, 5) is 37.0. The average Bonchev–Trinajstić information content (AvgIpc) is 2.80. The van der Waals surface area contributed by atoms with Crippen LogP contribution in [0.3, 0.4) is 0 Å². The van der Waals surface area contributed by atoms with Crippen molar-refractivity contribution in [2.75, 3.05) is 5.32 Å². The second-order valence-corrected chi connectivity index (χ2v) is 7.31. The molecule has 0 spiro atoms. The minimum absolute atomic E-state index is 0.00688. The van der Waals surface area contributed by atoms with Gasteiger partial charge >= 0.3 is 5.63 Å². The van der Waals surface area contributed by atoms with Crippen molar-refractivity contribution >= 4 is 33.3 Å². The molecule has 0 fully saturated rings. The van der Waals surface area contributed by atoms with Crippen molar-refractivity contribution in [3.63, 3.8) is 0 Å². The van der Waals surface area contributed by atoms with Crippen molar-refractivity contribution in [3.05, 3.63) is 106 Å². The number of carbonyl (C=O) groups excluding carboxylic acids is 1. The Bertz CT molecular complexity index is 1600. The maximum absolute atomic E-state index is 12.6. The number of hydrogen-bond donors (Lipinski definition) is 1. The molecule has 0 aliphatic rings. The van der Waals surface area contributed by atoms with Crippen LogP contribution in [0.1, 0.15) is 0 Å². The van der Waals surface area contributed by atoms with Gasteiger partial charge in [-0.05, 0) is 35.0 Å². The third-order valence-electron chi connectivity index (χ3n) is 5.12. The summed E-state index contributed by atoms with van der Waals surface area (Å²) in [6.07, 6.45) is 0. The van der Waals surface area contributed by atoms with Gasteiger partial charge in [0.1, 0.15) is 17.8 Å². The zero-order chi connectivity index (χ0) is 22.1. The number of fused-ring (bicyclic) bond motifs is 2. The number of rotatable bonds is 4. The topological polar surface area (TPSA) is 94.2 Å². The van der Waals surface area contributed by atoms with Gasteiger partial charge in [-0.2, -0.15) is 5.10 Å². The molecule has 0 aliphatic heterocycles. The van der Waals surface area contributed by atoms with Gasteiger partial charge < -0.3 is 9.73 Å². The molecule has 1 N–H and O–H groups in total. The van der Waals surface area contributed by atoms with Crippen LogP contribution in [0.2, 0.25) is 0 Å². The Labute approximate surface area is 181 Å². The molecule has 7 heteroatoms. The Kier molecular flexibility index (Phi) is 4.84. The first kappa shape index (κ1) is 19.4. The van der Waals surface area contributed by atoms with Crippen LogP contribution >= 0.6 is 0 Å². The fourth-order valence-corrected chi connectivity index (χ4v) is 3.54. The molecule has 0 saturated carbocycles. The van der Waals surface area contributed by atoms with Gasteiger partial charge in [0.05, 0.1) is 5.69 Å². The van der Waals surface area contributed by atoms with E-state index in [2.05, 4.69) is 10.4 Å². The van der Waals surface area contributed by atoms with Gasteiger partial charge in [0.2, 0.25) is 5.91 Å². The van der Waals surface area contributed by atoms with Gasteiger partial charge in [-0.3, -0.25) is 9.59 Å². The first-order valence-corrected chi connectivity index (χ1v) is 9.97. The number of hydrogen-bond acceptors (Lipinski definition) is 5. The van der Waals surface area contributed by atoms with Crippen molar-refractivity contribution in [1.82, 2.24) is 9.78 Å². The number of nitrogens with one attached hydrogen (secondary N) is 1. The average molecular weight is 423 g/mol. The molecular formula is C25H17N3O4. The van der Waals surface area contributed by atoms with Crippen LogP contribution < -0.4 is 16.5 Å². The van der Waals surface area contributed by atoms with Crippen LogP contribution in [-0.4, -0.2) is 15.7 Å². The van der Waals surface area contributed by atoms with E-state index in [-0.39, 0.29) is 12.2 Å². The van der Waals surface area contributed by atoms with E-state index >= 15 is 0 Å². The Hall–Kier alpha value is -4.52. The molecule has 156 valence electrons. The highest BCUT2D eigenvalue weighted by Crippen LogP contribution is 2.22. The largest absolute Gasteiger partial charge is 0.421 e. The van der Waals surface area contributed by atoms with E-state index in [4.69, 9.17) is 4.42 Å². The minimum Gasteiger partial charge on any atom is -0.421 e. The fourth-order valence-electron chi connectivity index (χ4n) is 3.54. The predicted octanol–water partition coefficient (Wildman–Crippen LogP) is 3.81. The monoisotopic (exact) mass is 423 g/mol. The molecular weight excluding hydrogens is 406 g/mol. The van der Waals surface area contributed by atoms with Gasteiger partial charge in [-0.1, -0.05) is 54.6 Å². The van der Waals surface area contributed by atoms with Gasteiger partial charge in [-0.15, -0.1) is 0 Å². The lowest BCUT2D eigenvalue weighted by molar-refractivity contribution is -0.117. The number of para-hydroxylation sites is 1. The summed E-state index contributed by atoms with van der Waals surface area (Å²) in [6, 6.07) is 25.3. The Morgan fingerprint density at radius 2 is 1.59 bits per heavy atom. The van der Waals surface area contributed by atoms with E-state index in [1.165, 1.54) is 6.07 Å². The van der Waals surface area contributed by atoms with Crippen LogP contribution in [0.25, 0.3) is 33.0 Å². The molecule has 1 amide bonds. The lowest BCUT2D eigenvalue weighted by Gasteiger charge is -2.09. The second kappa shape index (κ2) is 7.96. The minimum atomic E-state index is -0.665. The van der Waals surface area contributed by atoms with Crippen molar-refractivity contribution < 1.29 is 9.21 Å². The normalized spacial score (nSPS) is 11.0. The van der Waals surface area contributed by atoms with Gasteiger partial charge in [-0.25, -0.2) is 9.48 Å². The number of aromatic nitrogens is 2.